The van der Waals surface area contributed by atoms with Crippen molar-refractivity contribution in [2.45, 2.75) is 25.4 Å². The van der Waals surface area contributed by atoms with Crippen LogP contribution < -0.4 is 14.4 Å². The SMILES string of the molecule is COc1ccc(OC)c(CC(=O)N(CC2CCCO2)c2nc3ccccc3s2)c1. The molecule has 0 bridgehead atoms. The van der Waals surface area contributed by atoms with Gasteiger partial charge in [-0.1, -0.05) is 23.5 Å². The van der Waals surface area contributed by atoms with Crippen molar-refractivity contribution < 1.29 is 19.0 Å². The summed E-state index contributed by atoms with van der Waals surface area (Å²) in [5.41, 5.74) is 1.69. The summed E-state index contributed by atoms with van der Waals surface area (Å²) in [5, 5.41) is 0.702. The standard InChI is InChI=1S/C22H24N2O4S/c1-26-16-9-10-19(27-2)15(12-16)13-21(25)24(14-17-6-5-11-28-17)22-23-18-7-3-4-8-20(18)29-22/h3-4,7-10,12,17H,5-6,11,13-14H2,1-2H3. The van der Waals surface area contributed by atoms with Gasteiger partial charge in [-0.05, 0) is 43.2 Å². The minimum atomic E-state index is -0.0360. The second-order valence-corrected chi connectivity index (χ2v) is 7.97. The summed E-state index contributed by atoms with van der Waals surface area (Å²) in [4.78, 5) is 19.9. The maximum absolute atomic E-state index is 13.4. The molecule has 1 aliphatic rings. The summed E-state index contributed by atoms with van der Waals surface area (Å²) < 4.78 is 17.6. The van der Waals surface area contributed by atoms with E-state index in [1.165, 1.54) is 11.3 Å². The molecular formula is C22H24N2O4S. The van der Waals surface area contributed by atoms with E-state index in [9.17, 15) is 4.79 Å². The number of carbonyl (C=O) groups excluding carboxylic acids is 1. The third-order valence-corrected chi connectivity index (χ3v) is 6.11. The highest BCUT2D eigenvalue weighted by Crippen LogP contribution is 2.31. The minimum Gasteiger partial charge on any atom is -0.497 e. The Bertz CT molecular complexity index is 964. The number of amides is 1. The Kier molecular flexibility index (Phi) is 5.97. The minimum absolute atomic E-state index is 0.0360. The number of fused-ring (bicyclic) bond motifs is 1. The molecular weight excluding hydrogens is 388 g/mol. The summed E-state index contributed by atoms with van der Waals surface area (Å²) in [6.07, 6.45) is 2.22. The Morgan fingerprint density at radius 1 is 1.24 bits per heavy atom. The van der Waals surface area contributed by atoms with E-state index in [0.717, 1.165) is 35.2 Å². The number of para-hydroxylation sites is 1. The first-order valence-electron chi connectivity index (χ1n) is 9.66. The number of methoxy groups -OCH3 is 2. The number of carbonyl (C=O) groups is 1. The first-order chi connectivity index (χ1) is 14.2. The molecule has 2 heterocycles. The summed E-state index contributed by atoms with van der Waals surface area (Å²) >= 11 is 1.53. The smallest absolute Gasteiger partial charge is 0.233 e. The van der Waals surface area contributed by atoms with E-state index in [1.807, 2.05) is 42.5 Å². The zero-order valence-corrected chi connectivity index (χ0v) is 17.4. The highest BCUT2D eigenvalue weighted by atomic mass is 32.1. The number of hydrogen-bond acceptors (Lipinski definition) is 6. The average molecular weight is 413 g/mol. The number of hydrogen-bond donors (Lipinski definition) is 0. The molecule has 7 heteroatoms. The van der Waals surface area contributed by atoms with Crippen molar-refractivity contribution in [3.63, 3.8) is 0 Å². The first-order valence-corrected chi connectivity index (χ1v) is 10.5. The van der Waals surface area contributed by atoms with Gasteiger partial charge in [-0.3, -0.25) is 9.69 Å². The van der Waals surface area contributed by atoms with E-state index < -0.39 is 0 Å². The van der Waals surface area contributed by atoms with Gasteiger partial charge in [-0.2, -0.15) is 0 Å². The van der Waals surface area contributed by atoms with Gasteiger partial charge in [0.2, 0.25) is 5.91 Å². The second kappa shape index (κ2) is 8.80. The molecule has 1 aliphatic heterocycles. The van der Waals surface area contributed by atoms with Gasteiger partial charge in [0, 0.05) is 12.2 Å². The monoisotopic (exact) mass is 412 g/mol. The number of nitrogens with zero attached hydrogens (tertiary/aromatic N) is 2. The summed E-state index contributed by atoms with van der Waals surface area (Å²) in [7, 11) is 3.21. The van der Waals surface area contributed by atoms with Crippen LogP contribution in [-0.4, -0.2) is 44.4 Å². The van der Waals surface area contributed by atoms with E-state index in [1.54, 1.807) is 19.1 Å². The van der Waals surface area contributed by atoms with E-state index in [0.29, 0.717) is 23.2 Å². The number of aromatic nitrogens is 1. The predicted molar refractivity (Wildman–Crippen MR) is 114 cm³/mol. The quantitative estimate of drug-likeness (QED) is 0.585. The van der Waals surface area contributed by atoms with Crippen LogP contribution in [0.4, 0.5) is 5.13 Å². The van der Waals surface area contributed by atoms with Crippen molar-refractivity contribution in [2.75, 3.05) is 32.3 Å². The molecule has 1 amide bonds. The summed E-state index contributed by atoms with van der Waals surface area (Å²) in [6, 6.07) is 13.4. The molecule has 1 aromatic heterocycles. The molecule has 0 spiro atoms. The lowest BCUT2D eigenvalue weighted by Crippen LogP contribution is -2.38. The maximum Gasteiger partial charge on any atom is 0.233 e. The molecule has 6 nitrogen and oxygen atoms in total. The molecule has 29 heavy (non-hydrogen) atoms. The summed E-state index contributed by atoms with van der Waals surface area (Å²) in [5.74, 6) is 1.32. The third kappa shape index (κ3) is 4.36. The van der Waals surface area contributed by atoms with E-state index >= 15 is 0 Å². The van der Waals surface area contributed by atoms with Crippen LogP contribution in [0, 0.1) is 0 Å². The maximum atomic E-state index is 13.4. The molecule has 0 N–H and O–H groups in total. The fourth-order valence-electron chi connectivity index (χ4n) is 3.53. The summed E-state index contributed by atoms with van der Waals surface area (Å²) in [6.45, 7) is 1.25. The van der Waals surface area contributed by atoms with Gasteiger partial charge in [-0.15, -0.1) is 0 Å². The van der Waals surface area contributed by atoms with Gasteiger partial charge in [0.25, 0.3) is 0 Å². The van der Waals surface area contributed by atoms with Crippen molar-refractivity contribution >= 4 is 32.6 Å². The molecule has 0 radical (unpaired) electrons. The zero-order chi connectivity index (χ0) is 20.2. The lowest BCUT2D eigenvalue weighted by molar-refractivity contribution is -0.118. The normalized spacial score (nSPS) is 16.1. The zero-order valence-electron chi connectivity index (χ0n) is 16.6. The Morgan fingerprint density at radius 2 is 2.10 bits per heavy atom. The molecule has 0 saturated carbocycles. The number of ether oxygens (including phenoxy) is 3. The topological polar surface area (TPSA) is 60.9 Å². The van der Waals surface area contributed by atoms with E-state index in [-0.39, 0.29) is 18.4 Å². The molecule has 1 fully saturated rings. The Hall–Kier alpha value is -2.64. The first kappa shape index (κ1) is 19.7. The predicted octanol–water partition coefficient (Wildman–Crippen LogP) is 4.07. The number of anilines is 1. The Balaban J connectivity index is 1.64. The van der Waals surface area contributed by atoms with Crippen LogP contribution in [0.25, 0.3) is 10.2 Å². The van der Waals surface area contributed by atoms with Gasteiger partial charge in [0.15, 0.2) is 5.13 Å². The third-order valence-electron chi connectivity index (χ3n) is 5.05. The molecule has 2 aromatic carbocycles. The van der Waals surface area contributed by atoms with Crippen LogP contribution in [0.2, 0.25) is 0 Å². The number of thiazole rings is 1. The molecule has 1 saturated heterocycles. The largest absolute Gasteiger partial charge is 0.497 e. The fourth-order valence-corrected chi connectivity index (χ4v) is 4.52. The van der Waals surface area contributed by atoms with Crippen LogP contribution in [0.5, 0.6) is 11.5 Å². The lowest BCUT2D eigenvalue weighted by Gasteiger charge is -2.23. The van der Waals surface area contributed by atoms with Gasteiger partial charge >= 0.3 is 0 Å². The highest BCUT2D eigenvalue weighted by molar-refractivity contribution is 7.22. The van der Waals surface area contributed by atoms with Crippen molar-refractivity contribution in [2.24, 2.45) is 0 Å². The van der Waals surface area contributed by atoms with Crippen LogP contribution in [0.15, 0.2) is 42.5 Å². The van der Waals surface area contributed by atoms with E-state index in [2.05, 4.69) is 0 Å². The Morgan fingerprint density at radius 3 is 2.83 bits per heavy atom. The van der Waals surface area contributed by atoms with Crippen LogP contribution in [0.3, 0.4) is 0 Å². The van der Waals surface area contributed by atoms with Crippen LogP contribution >= 0.6 is 11.3 Å². The molecule has 1 atom stereocenters. The van der Waals surface area contributed by atoms with Gasteiger partial charge in [0.1, 0.15) is 11.5 Å². The van der Waals surface area contributed by atoms with Gasteiger partial charge in [-0.25, -0.2) is 4.98 Å². The van der Waals surface area contributed by atoms with Gasteiger partial charge in [0.05, 0.1) is 43.5 Å². The van der Waals surface area contributed by atoms with Gasteiger partial charge < -0.3 is 14.2 Å². The number of benzene rings is 2. The van der Waals surface area contributed by atoms with Crippen molar-refractivity contribution in [3.8, 4) is 11.5 Å². The molecule has 3 aromatic rings. The molecule has 4 rings (SSSR count). The molecule has 0 aliphatic carbocycles. The average Bonchev–Trinajstić information content (AvgIpc) is 3.41. The second-order valence-electron chi connectivity index (χ2n) is 6.96. The number of rotatable bonds is 7. The Labute approximate surface area is 174 Å². The van der Waals surface area contributed by atoms with Crippen molar-refractivity contribution in [3.05, 3.63) is 48.0 Å². The fraction of sp³-hybridized carbons (Fsp3) is 0.364. The van der Waals surface area contributed by atoms with Crippen molar-refractivity contribution in [1.29, 1.82) is 0 Å². The van der Waals surface area contributed by atoms with E-state index in [4.69, 9.17) is 19.2 Å². The van der Waals surface area contributed by atoms with Crippen LogP contribution in [-0.2, 0) is 16.0 Å². The van der Waals surface area contributed by atoms with Crippen molar-refractivity contribution in [1.82, 2.24) is 4.98 Å². The molecule has 152 valence electrons. The molecule has 1 unspecified atom stereocenters. The highest BCUT2D eigenvalue weighted by Gasteiger charge is 2.27. The lowest BCUT2D eigenvalue weighted by atomic mass is 10.1. The van der Waals surface area contributed by atoms with Crippen LogP contribution in [0.1, 0.15) is 18.4 Å².